The van der Waals surface area contributed by atoms with Crippen LogP contribution in [0, 0.1) is 45.4 Å². The third-order valence-corrected chi connectivity index (χ3v) is 12.2. The summed E-state index contributed by atoms with van der Waals surface area (Å²) in [5.41, 5.74) is -0.394. The summed E-state index contributed by atoms with van der Waals surface area (Å²) in [5, 5.41) is 16.8. The summed E-state index contributed by atoms with van der Waals surface area (Å²) in [6, 6.07) is 5.40. The number of carbonyl (C=O) groups excluding carboxylic acids is 5. The smallest absolute Gasteiger partial charge is 0.429 e. The number of methoxy groups -OCH3 is 2. The fraction of sp³-hybridized carbons (Fsp3) is 0.630. The SMILES string of the molecule is CC[C@H](C)C([C@@H](CC(=O)N1C[C@@H](OC(=O)Oc2ccc([N+](=O)[O-])cc2)C[C@H]1[C@H](OC)[C@@H](C)C(=O)NCCc1c(F)cccc1F)OC)N(C)C(=O)[C@@H](NC(=O)[C@H](C(C)C)N(C)C)C(C)C. The van der Waals surface area contributed by atoms with Gasteiger partial charge in [-0.05, 0) is 62.5 Å². The van der Waals surface area contributed by atoms with Crippen molar-refractivity contribution in [3.8, 4) is 5.75 Å². The Kier molecular flexibility index (Phi) is 20.7. The molecule has 0 saturated carbocycles. The minimum Gasteiger partial charge on any atom is -0.429 e. The van der Waals surface area contributed by atoms with Crippen LogP contribution in [-0.4, -0.2) is 140 Å². The molecule has 19 heteroatoms. The zero-order valence-electron chi connectivity index (χ0n) is 39.7. The van der Waals surface area contributed by atoms with E-state index in [1.165, 1.54) is 37.3 Å². The summed E-state index contributed by atoms with van der Waals surface area (Å²) >= 11 is 0. The molecule has 17 nitrogen and oxygen atoms in total. The van der Waals surface area contributed by atoms with E-state index in [1.54, 1.807) is 37.9 Å². The lowest BCUT2D eigenvalue weighted by atomic mass is 9.89. The molecule has 0 spiro atoms. The highest BCUT2D eigenvalue weighted by molar-refractivity contribution is 5.90. The average Bonchev–Trinajstić information content (AvgIpc) is 3.65. The molecule has 9 atom stereocenters. The van der Waals surface area contributed by atoms with Crippen molar-refractivity contribution < 1.29 is 56.6 Å². The molecule has 3 rings (SSSR count). The Morgan fingerprint density at radius 1 is 0.908 bits per heavy atom. The van der Waals surface area contributed by atoms with E-state index in [2.05, 4.69) is 10.6 Å². The Morgan fingerprint density at radius 3 is 2.03 bits per heavy atom. The van der Waals surface area contributed by atoms with Crippen LogP contribution in [0.1, 0.15) is 73.3 Å². The van der Waals surface area contributed by atoms with Crippen LogP contribution in [0.2, 0.25) is 0 Å². The van der Waals surface area contributed by atoms with E-state index in [-0.39, 0.29) is 78.9 Å². The molecule has 0 aromatic heterocycles. The van der Waals surface area contributed by atoms with E-state index in [0.717, 1.165) is 24.3 Å². The van der Waals surface area contributed by atoms with Crippen molar-refractivity contribution in [2.24, 2.45) is 23.7 Å². The summed E-state index contributed by atoms with van der Waals surface area (Å²) in [6.07, 6.45) is -3.72. The van der Waals surface area contributed by atoms with Crippen LogP contribution in [0.3, 0.4) is 0 Å². The molecule has 0 aliphatic carbocycles. The van der Waals surface area contributed by atoms with E-state index in [9.17, 15) is 42.9 Å². The zero-order chi connectivity index (χ0) is 48.9. The first-order chi connectivity index (χ1) is 30.6. The number of hydrogen-bond acceptors (Lipinski definition) is 12. The molecule has 1 unspecified atom stereocenters. The lowest BCUT2D eigenvalue weighted by molar-refractivity contribution is -0.384. The van der Waals surface area contributed by atoms with Crippen molar-refractivity contribution in [2.75, 3.05) is 48.5 Å². The third-order valence-electron chi connectivity index (χ3n) is 12.2. The minimum absolute atomic E-state index is 0.00256. The number of nitro benzene ring substituents is 1. The molecular weight excluding hydrogens is 851 g/mol. The second-order valence-corrected chi connectivity index (χ2v) is 17.6. The largest absolute Gasteiger partial charge is 0.514 e. The fourth-order valence-corrected chi connectivity index (χ4v) is 8.61. The van der Waals surface area contributed by atoms with Crippen LogP contribution >= 0.6 is 0 Å². The van der Waals surface area contributed by atoms with Gasteiger partial charge in [0, 0.05) is 51.9 Å². The lowest BCUT2D eigenvalue weighted by Crippen LogP contribution is -2.59. The van der Waals surface area contributed by atoms with Crippen LogP contribution in [0.25, 0.3) is 0 Å². The predicted molar refractivity (Wildman–Crippen MR) is 238 cm³/mol. The summed E-state index contributed by atoms with van der Waals surface area (Å²) in [4.78, 5) is 84.5. The molecule has 0 radical (unpaired) electrons. The molecule has 65 heavy (non-hydrogen) atoms. The van der Waals surface area contributed by atoms with E-state index < -0.39 is 82.9 Å². The molecule has 2 aromatic carbocycles. The van der Waals surface area contributed by atoms with Crippen molar-refractivity contribution in [3.63, 3.8) is 0 Å². The van der Waals surface area contributed by atoms with Crippen LogP contribution in [0.5, 0.6) is 5.75 Å². The van der Waals surface area contributed by atoms with Gasteiger partial charge < -0.3 is 39.4 Å². The monoisotopic (exact) mass is 918 g/mol. The van der Waals surface area contributed by atoms with Gasteiger partial charge in [0.15, 0.2) is 0 Å². The second kappa shape index (κ2) is 24.9. The maximum absolute atomic E-state index is 14.7. The summed E-state index contributed by atoms with van der Waals surface area (Å²) in [5.74, 6) is -4.58. The summed E-state index contributed by atoms with van der Waals surface area (Å²) in [6.45, 7) is 12.8. The molecule has 1 aliphatic heterocycles. The van der Waals surface area contributed by atoms with Crippen molar-refractivity contribution in [1.82, 2.24) is 25.3 Å². The molecule has 2 aromatic rings. The first-order valence-electron chi connectivity index (χ1n) is 22.0. The molecule has 1 fully saturated rings. The maximum Gasteiger partial charge on any atom is 0.514 e. The third kappa shape index (κ3) is 14.4. The van der Waals surface area contributed by atoms with Crippen LogP contribution in [0.15, 0.2) is 42.5 Å². The number of likely N-dealkylation sites (N-methyl/N-ethyl adjacent to an activating group) is 2. The lowest BCUT2D eigenvalue weighted by Gasteiger charge is -2.41. The molecule has 1 saturated heterocycles. The fourth-order valence-electron chi connectivity index (χ4n) is 8.61. The molecule has 1 aliphatic rings. The van der Waals surface area contributed by atoms with Crippen LogP contribution < -0.4 is 15.4 Å². The Morgan fingerprint density at radius 2 is 1.52 bits per heavy atom. The van der Waals surface area contributed by atoms with E-state index in [4.69, 9.17) is 18.9 Å². The van der Waals surface area contributed by atoms with Crippen LogP contribution in [-0.2, 0) is 39.8 Å². The zero-order valence-corrected chi connectivity index (χ0v) is 39.7. The molecule has 362 valence electrons. The number of benzene rings is 2. The Bertz CT molecular complexity index is 1910. The number of likely N-dealkylation sites (tertiary alicyclic amines) is 1. The number of amides is 4. The Hall–Kier alpha value is -5.27. The highest BCUT2D eigenvalue weighted by Crippen LogP contribution is 2.32. The number of nitro groups is 1. The maximum atomic E-state index is 14.7. The predicted octanol–water partition coefficient (Wildman–Crippen LogP) is 5.37. The molecule has 1 heterocycles. The first-order valence-corrected chi connectivity index (χ1v) is 22.0. The number of carbonyl (C=O) groups is 5. The quantitative estimate of drug-likeness (QED) is 0.0626. The number of halogens is 2. The number of hydrogen-bond donors (Lipinski definition) is 2. The van der Waals surface area contributed by atoms with E-state index in [0.29, 0.717) is 6.42 Å². The summed E-state index contributed by atoms with van der Waals surface area (Å²) in [7, 11) is 8.05. The van der Waals surface area contributed by atoms with E-state index >= 15 is 0 Å². The topological polar surface area (TPSA) is 199 Å². The van der Waals surface area contributed by atoms with Gasteiger partial charge in [0.05, 0.1) is 54.1 Å². The molecule has 2 N–H and O–H groups in total. The van der Waals surface area contributed by atoms with Crippen molar-refractivity contribution in [1.29, 1.82) is 0 Å². The van der Waals surface area contributed by atoms with Gasteiger partial charge in [0.2, 0.25) is 23.6 Å². The van der Waals surface area contributed by atoms with Gasteiger partial charge in [-0.15, -0.1) is 0 Å². The van der Waals surface area contributed by atoms with Crippen molar-refractivity contribution in [3.05, 3.63) is 69.8 Å². The van der Waals surface area contributed by atoms with Gasteiger partial charge in [-0.25, -0.2) is 13.6 Å². The highest BCUT2D eigenvalue weighted by atomic mass is 19.1. The average molecular weight is 919 g/mol. The minimum atomic E-state index is -1.14. The number of nitrogens with one attached hydrogen (secondary N) is 2. The van der Waals surface area contributed by atoms with Gasteiger partial charge in [-0.3, -0.25) is 34.2 Å². The molecule has 4 amide bonds. The van der Waals surface area contributed by atoms with E-state index in [1.807, 2.05) is 41.5 Å². The number of non-ortho nitro benzene ring substituents is 1. The van der Waals surface area contributed by atoms with Gasteiger partial charge >= 0.3 is 6.16 Å². The standard InChI is InChI=1S/C46H68F2N6O11/c1-13-28(6)41(52(10)45(58)39(26(2)3)50-44(57)40(27(4)5)51(8)9)37(62-11)24-38(55)53-25-32(65-46(59)64-31-19-17-30(18-20-31)54(60)61)23-36(53)42(63-12)29(7)43(56)49-22-21-33-34(47)15-14-16-35(33)48/h14-20,26-29,32,36-37,39-42H,13,21-25H2,1-12H3,(H,49,56)(H,50,57)/t28-,29+,32-,36-,37+,39-,40-,41?,42+/m0/s1. The van der Waals surface area contributed by atoms with Gasteiger partial charge in [0.1, 0.15) is 29.5 Å². The van der Waals surface area contributed by atoms with Crippen LogP contribution in [0.4, 0.5) is 19.3 Å². The number of nitrogens with zero attached hydrogens (tertiary/aromatic N) is 4. The number of rotatable bonds is 23. The molecule has 0 bridgehead atoms. The van der Waals surface area contributed by atoms with Gasteiger partial charge in [0.25, 0.3) is 5.69 Å². The highest BCUT2D eigenvalue weighted by Gasteiger charge is 2.47. The molecular formula is C46H68F2N6O11. The summed E-state index contributed by atoms with van der Waals surface area (Å²) < 4.78 is 51.5. The Balaban J connectivity index is 1.92. The first kappa shape index (κ1) is 54.1. The van der Waals surface area contributed by atoms with Gasteiger partial charge in [-0.1, -0.05) is 61.0 Å². The van der Waals surface area contributed by atoms with Crippen molar-refractivity contribution in [2.45, 2.75) is 117 Å². The van der Waals surface area contributed by atoms with Crippen molar-refractivity contribution >= 4 is 35.5 Å². The number of ether oxygens (including phenoxy) is 4. The van der Waals surface area contributed by atoms with Gasteiger partial charge in [-0.2, -0.15) is 0 Å². The Labute approximate surface area is 381 Å². The normalized spacial score (nSPS) is 18.3. The second-order valence-electron chi connectivity index (χ2n) is 17.6.